The molecule has 0 amide bonds. The van der Waals surface area contributed by atoms with Crippen LogP contribution in [0.3, 0.4) is 0 Å². The van der Waals surface area contributed by atoms with Crippen LogP contribution in [0.25, 0.3) is 10.9 Å². The van der Waals surface area contributed by atoms with E-state index in [-0.39, 0.29) is 0 Å². The molecule has 6 heteroatoms. The summed E-state index contributed by atoms with van der Waals surface area (Å²) in [5.41, 5.74) is 6.16. The molecule has 6 nitrogen and oxygen atoms in total. The summed E-state index contributed by atoms with van der Waals surface area (Å²) in [6, 6.07) is 4.88. The second kappa shape index (κ2) is 10.6. The molecule has 1 aromatic carbocycles. The molecule has 180 valence electrons. The number of aryl methyl sites for hydroxylation is 1. The fraction of sp³-hybridized carbons (Fsp3) is 0.667. The maximum atomic E-state index is 6.07. The van der Waals surface area contributed by atoms with E-state index >= 15 is 0 Å². The lowest BCUT2D eigenvalue weighted by Crippen LogP contribution is -2.33. The number of fused-ring (bicyclic) bond motifs is 2. The lowest BCUT2D eigenvalue weighted by atomic mass is 10.0. The summed E-state index contributed by atoms with van der Waals surface area (Å²) in [6.07, 6.45) is 9.84. The van der Waals surface area contributed by atoms with Crippen LogP contribution in [0.5, 0.6) is 5.75 Å². The van der Waals surface area contributed by atoms with Gasteiger partial charge in [-0.1, -0.05) is 6.42 Å². The second-order valence-corrected chi connectivity index (χ2v) is 10.1. The molecular formula is C27H40N4O2. The Morgan fingerprint density at radius 3 is 2.76 bits per heavy atom. The van der Waals surface area contributed by atoms with E-state index in [4.69, 9.17) is 14.5 Å². The number of ether oxygens (including phenoxy) is 2. The average molecular weight is 453 g/mol. The van der Waals surface area contributed by atoms with Gasteiger partial charge in [0.15, 0.2) is 0 Å². The molecule has 5 rings (SSSR count). The third kappa shape index (κ3) is 5.28. The normalized spacial score (nSPS) is 21.9. The number of likely N-dealkylation sites (tertiary alicyclic amines) is 2. The predicted molar refractivity (Wildman–Crippen MR) is 134 cm³/mol. The molecule has 1 aliphatic carbocycles. The van der Waals surface area contributed by atoms with Crippen LogP contribution in [-0.2, 0) is 24.2 Å². The fourth-order valence-electron chi connectivity index (χ4n) is 5.84. The summed E-state index contributed by atoms with van der Waals surface area (Å²) in [4.78, 5) is 10.1. The lowest BCUT2D eigenvalue weighted by Gasteiger charge is -2.25. The minimum atomic E-state index is 0.479. The van der Waals surface area contributed by atoms with Crippen LogP contribution in [0, 0.1) is 0 Å². The number of anilines is 1. The van der Waals surface area contributed by atoms with Crippen LogP contribution < -0.4 is 10.1 Å². The molecule has 2 fully saturated rings. The Balaban J connectivity index is 1.39. The van der Waals surface area contributed by atoms with Crippen molar-refractivity contribution >= 4 is 16.6 Å². The maximum absolute atomic E-state index is 6.07. The quantitative estimate of drug-likeness (QED) is 0.605. The molecule has 0 unspecified atom stereocenters. The highest BCUT2D eigenvalue weighted by Gasteiger charge is 2.24. The first kappa shape index (κ1) is 22.9. The van der Waals surface area contributed by atoms with Crippen molar-refractivity contribution in [3.63, 3.8) is 0 Å². The third-order valence-corrected chi connectivity index (χ3v) is 7.65. The monoisotopic (exact) mass is 452 g/mol. The zero-order chi connectivity index (χ0) is 22.6. The van der Waals surface area contributed by atoms with Crippen LogP contribution >= 0.6 is 0 Å². The highest BCUT2D eigenvalue weighted by molar-refractivity contribution is 5.95. The number of hydrogen-bond acceptors (Lipinski definition) is 6. The maximum Gasteiger partial charge on any atom is 0.125 e. The van der Waals surface area contributed by atoms with E-state index in [2.05, 4.69) is 34.3 Å². The van der Waals surface area contributed by atoms with Crippen LogP contribution in [0.15, 0.2) is 12.1 Å². The predicted octanol–water partition coefficient (Wildman–Crippen LogP) is 4.24. The molecule has 33 heavy (non-hydrogen) atoms. The van der Waals surface area contributed by atoms with E-state index < -0.39 is 0 Å². The van der Waals surface area contributed by atoms with Gasteiger partial charge in [-0.05, 0) is 89.3 Å². The van der Waals surface area contributed by atoms with Crippen molar-refractivity contribution in [3.05, 3.63) is 29.0 Å². The number of rotatable bonds is 8. The number of methoxy groups -OCH3 is 1. The molecule has 0 radical (unpaired) electrons. The van der Waals surface area contributed by atoms with Crippen LogP contribution in [-0.4, -0.2) is 74.3 Å². The van der Waals surface area contributed by atoms with Gasteiger partial charge in [0.1, 0.15) is 5.75 Å². The number of nitrogens with zero attached hydrogens (tertiary/aromatic N) is 3. The summed E-state index contributed by atoms with van der Waals surface area (Å²) in [7, 11) is 4.01. The van der Waals surface area contributed by atoms with Crippen molar-refractivity contribution in [2.75, 3.05) is 58.8 Å². The SMILES string of the molecule is COc1cc2c(N[C@@H]3CCCCN(C)C3)c3c(nc2cc1COCCN1CCCC1)CCC3. The van der Waals surface area contributed by atoms with Crippen molar-refractivity contribution in [3.8, 4) is 5.75 Å². The fourth-order valence-corrected chi connectivity index (χ4v) is 5.84. The van der Waals surface area contributed by atoms with Gasteiger partial charge in [-0.25, -0.2) is 0 Å². The van der Waals surface area contributed by atoms with Crippen molar-refractivity contribution in [1.82, 2.24) is 14.8 Å². The van der Waals surface area contributed by atoms with Gasteiger partial charge in [0.25, 0.3) is 0 Å². The number of pyridine rings is 1. The van der Waals surface area contributed by atoms with E-state index in [1.54, 1.807) is 7.11 Å². The zero-order valence-electron chi connectivity index (χ0n) is 20.5. The van der Waals surface area contributed by atoms with Crippen LogP contribution in [0.4, 0.5) is 5.69 Å². The Morgan fingerprint density at radius 2 is 1.91 bits per heavy atom. The summed E-state index contributed by atoms with van der Waals surface area (Å²) in [5.74, 6) is 0.907. The van der Waals surface area contributed by atoms with Gasteiger partial charge in [0.2, 0.25) is 0 Å². The highest BCUT2D eigenvalue weighted by Crippen LogP contribution is 2.38. The summed E-state index contributed by atoms with van der Waals surface area (Å²) < 4.78 is 11.9. The van der Waals surface area contributed by atoms with Crippen molar-refractivity contribution in [1.29, 1.82) is 0 Å². The third-order valence-electron chi connectivity index (χ3n) is 7.65. The number of aromatic nitrogens is 1. The smallest absolute Gasteiger partial charge is 0.125 e. The first-order valence-corrected chi connectivity index (χ1v) is 13.0. The molecule has 3 heterocycles. The van der Waals surface area contributed by atoms with Gasteiger partial charge < -0.3 is 24.6 Å². The summed E-state index contributed by atoms with van der Waals surface area (Å²) >= 11 is 0. The zero-order valence-corrected chi connectivity index (χ0v) is 20.5. The molecule has 3 aliphatic rings. The second-order valence-electron chi connectivity index (χ2n) is 10.1. The molecule has 2 aliphatic heterocycles. The molecule has 1 aromatic heterocycles. The molecule has 2 aromatic rings. The number of benzene rings is 1. The largest absolute Gasteiger partial charge is 0.496 e. The first-order valence-electron chi connectivity index (χ1n) is 13.0. The van der Waals surface area contributed by atoms with Gasteiger partial charge >= 0.3 is 0 Å². The molecule has 0 saturated carbocycles. The Kier molecular flexibility index (Phi) is 7.34. The van der Waals surface area contributed by atoms with Gasteiger partial charge in [0, 0.05) is 41.5 Å². The summed E-state index contributed by atoms with van der Waals surface area (Å²) in [5, 5.41) is 5.17. The van der Waals surface area contributed by atoms with Gasteiger partial charge in [-0.3, -0.25) is 4.98 Å². The van der Waals surface area contributed by atoms with Crippen LogP contribution in [0.2, 0.25) is 0 Å². The average Bonchev–Trinajstić information content (AvgIpc) is 3.46. The Labute approximate surface area is 198 Å². The van der Waals surface area contributed by atoms with Gasteiger partial charge in [-0.2, -0.15) is 0 Å². The van der Waals surface area contributed by atoms with Crippen LogP contribution in [0.1, 0.15) is 55.3 Å². The van der Waals surface area contributed by atoms with E-state index in [0.717, 1.165) is 49.4 Å². The molecule has 1 N–H and O–H groups in total. The minimum absolute atomic E-state index is 0.479. The Hall–Kier alpha value is -1.89. The molecule has 0 spiro atoms. The van der Waals surface area contributed by atoms with E-state index in [1.807, 2.05) is 0 Å². The highest BCUT2D eigenvalue weighted by atomic mass is 16.5. The number of hydrogen-bond donors (Lipinski definition) is 1. The molecular weight excluding hydrogens is 412 g/mol. The molecule has 2 saturated heterocycles. The van der Waals surface area contributed by atoms with Crippen molar-refractivity contribution in [2.24, 2.45) is 0 Å². The molecule has 0 bridgehead atoms. The Bertz CT molecular complexity index is 957. The first-order chi connectivity index (χ1) is 16.2. The molecule has 1 atom stereocenters. The Morgan fingerprint density at radius 1 is 1.06 bits per heavy atom. The van der Waals surface area contributed by atoms with Gasteiger partial charge in [0.05, 0.1) is 25.8 Å². The minimum Gasteiger partial charge on any atom is -0.496 e. The van der Waals surface area contributed by atoms with E-state index in [1.165, 1.54) is 80.5 Å². The summed E-state index contributed by atoms with van der Waals surface area (Å²) in [6.45, 7) is 7.07. The topological polar surface area (TPSA) is 49.9 Å². The number of likely N-dealkylation sites (N-methyl/N-ethyl adjacent to an activating group) is 1. The van der Waals surface area contributed by atoms with Gasteiger partial charge in [-0.15, -0.1) is 0 Å². The lowest BCUT2D eigenvalue weighted by molar-refractivity contribution is 0.0979. The van der Waals surface area contributed by atoms with Crippen molar-refractivity contribution < 1.29 is 9.47 Å². The van der Waals surface area contributed by atoms with Crippen molar-refractivity contribution in [2.45, 2.75) is 64.0 Å². The number of nitrogens with one attached hydrogen (secondary N) is 1. The van der Waals surface area contributed by atoms with E-state index in [9.17, 15) is 0 Å². The standard InChI is InChI=1S/C27H40N4O2/c1-30-11-4-3-8-21(18-30)28-27-22-9-7-10-24(22)29-25-16-20(26(32-2)17-23(25)27)19-33-15-14-31-12-5-6-13-31/h16-17,21H,3-15,18-19H2,1-2H3,(H,28,29)/t21-/m1/s1. The van der Waals surface area contributed by atoms with E-state index in [0.29, 0.717) is 12.6 Å².